The minimum atomic E-state index is -0.607. The summed E-state index contributed by atoms with van der Waals surface area (Å²) in [4.78, 5) is 78.9. The van der Waals surface area contributed by atoms with Crippen molar-refractivity contribution in [2.75, 3.05) is 25.2 Å². The fourth-order valence-electron chi connectivity index (χ4n) is 7.13. The quantitative estimate of drug-likeness (QED) is 0.246. The molecular weight excluding hydrogens is 580 g/mol. The molecule has 11 heteroatoms. The van der Waals surface area contributed by atoms with Crippen molar-refractivity contribution < 1.29 is 43.0 Å². The number of carbonyl (C=O) groups excluding carboxylic acids is 6. The number of esters is 2. The van der Waals surface area contributed by atoms with Crippen molar-refractivity contribution in [3.63, 3.8) is 0 Å². The minimum Gasteiger partial charge on any atom is -0.462 e. The average Bonchev–Trinajstić information content (AvgIpc) is 3.43. The smallest absolute Gasteiger partial charge is 0.309 e. The van der Waals surface area contributed by atoms with Crippen LogP contribution in [0.3, 0.4) is 0 Å². The highest BCUT2D eigenvalue weighted by atomic mass is 16.6. The van der Waals surface area contributed by atoms with E-state index in [9.17, 15) is 28.8 Å². The molecule has 6 unspecified atom stereocenters. The van der Waals surface area contributed by atoms with Gasteiger partial charge < -0.3 is 14.2 Å². The third-order valence-electron chi connectivity index (χ3n) is 9.66. The van der Waals surface area contributed by atoms with Crippen molar-refractivity contribution in [1.82, 2.24) is 4.90 Å². The number of imide groups is 2. The van der Waals surface area contributed by atoms with Crippen LogP contribution in [-0.4, -0.2) is 60.7 Å². The van der Waals surface area contributed by atoms with Crippen molar-refractivity contribution in [2.24, 2.45) is 35.5 Å². The van der Waals surface area contributed by atoms with Gasteiger partial charge in [-0.1, -0.05) is 17.7 Å². The van der Waals surface area contributed by atoms with Gasteiger partial charge in [-0.3, -0.25) is 38.6 Å². The summed E-state index contributed by atoms with van der Waals surface area (Å²) in [7, 11) is 1.47. The number of likely N-dealkylation sites (tertiary alicyclic amines) is 1. The number of ether oxygens (including phenoxy) is 3. The number of hydrogen-bond donors (Lipinski definition) is 0. The third kappa shape index (κ3) is 5.95. The van der Waals surface area contributed by atoms with Crippen molar-refractivity contribution >= 4 is 41.3 Å². The summed E-state index contributed by atoms with van der Waals surface area (Å²) in [5.74, 6) is -3.68. The summed E-state index contributed by atoms with van der Waals surface area (Å²) >= 11 is 0. The second-order valence-corrected chi connectivity index (χ2v) is 12.4. The molecule has 0 bridgehead atoms. The zero-order chi connectivity index (χ0) is 31.8. The maximum atomic E-state index is 13.4. The third-order valence-corrected chi connectivity index (χ3v) is 9.66. The predicted molar refractivity (Wildman–Crippen MR) is 159 cm³/mol. The molecule has 45 heavy (non-hydrogen) atoms. The SMILES string of the molecule is Cc1ccc(Oc2ccc(N3C(=O)C4CCC(C(=O)OCCOC(=O)C5CCC6C(=O)N(C)C(=O)C6C5)CC4C3=O)cc2)cc1. The van der Waals surface area contributed by atoms with E-state index in [1.54, 1.807) is 24.3 Å². The first-order valence-electron chi connectivity index (χ1n) is 15.5. The minimum absolute atomic E-state index is 0.129. The van der Waals surface area contributed by atoms with Crippen LogP contribution in [-0.2, 0) is 38.2 Å². The highest BCUT2D eigenvalue weighted by molar-refractivity contribution is 6.22. The number of hydrogen-bond acceptors (Lipinski definition) is 9. The summed E-state index contributed by atoms with van der Waals surface area (Å²) < 4.78 is 16.6. The Morgan fingerprint density at radius 3 is 1.64 bits per heavy atom. The topological polar surface area (TPSA) is 137 Å². The van der Waals surface area contributed by atoms with Gasteiger partial charge in [-0.2, -0.15) is 0 Å². The Morgan fingerprint density at radius 1 is 0.644 bits per heavy atom. The second-order valence-electron chi connectivity index (χ2n) is 12.4. The zero-order valence-electron chi connectivity index (χ0n) is 25.3. The van der Waals surface area contributed by atoms with E-state index in [0.29, 0.717) is 42.9 Å². The summed E-state index contributed by atoms with van der Waals surface area (Å²) in [6.45, 7) is 1.73. The van der Waals surface area contributed by atoms with E-state index in [1.165, 1.54) is 11.9 Å². The van der Waals surface area contributed by atoms with E-state index >= 15 is 0 Å². The Hall–Kier alpha value is -4.54. The van der Waals surface area contributed by atoms with Crippen LogP contribution in [0, 0.1) is 42.4 Å². The molecule has 6 atom stereocenters. The molecule has 0 N–H and O–H groups in total. The van der Waals surface area contributed by atoms with Crippen molar-refractivity contribution in [1.29, 1.82) is 0 Å². The van der Waals surface area contributed by atoms with Gasteiger partial charge in [-0.25, -0.2) is 0 Å². The van der Waals surface area contributed by atoms with Gasteiger partial charge in [-0.05, 0) is 81.8 Å². The van der Waals surface area contributed by atoms with E-state index < -0.39 is 41.5 Å². The molecule has 0 spiro atoms. The molecule has 2 heterocycles. The molecular formula is C34H36N2O9. The molecule has 2 saturated heterocycles. The largest absolute Gasteiger partial charge is 0.462 e. The second kappa shape index (κ2) is 12.5. The Bertz CT molecular complexity index is 1520. The highest BCUT2D eigenvalue weighted by Crippen LogP contribution is 2.43. The molecule has 0 aromatic heterocycles. The van der Waals surface area contributed by atoms with Crippen LogP contribution >= 0.6 is 0 Å². The van der Waals surface area contributed by atoms with Gasteiger partial charge in [0.25, 0.3) is 0 Å². The van der Waals surface area contributed by atoms with Crippen LogP contribution in [0.15, 0.2) is 48.5 Å². The van der Waals surface area contributed by atoms with E-state index in [4.69, 9.17) is 14.2 Å². The molecule has 2 aromatic rings. The predicted octanol–water partition coefficient (Wildman–Crippen LogP) is 3.81. The lowest BCUT2D eigenvalue weighted by atomic mass is 9.75. The Morgan fingerprint density at radius 2 is 1.09 bits per heavy atom. The fourth-order valence-corrected chi connectivity index (χ4v) is 7.13. The monoisotopic (exact) mass is 616 g/mol. The van der Waals surface area contributed by atoms with Gasteiger partial charge in [0.1, 0.15) is 24.7 Å². The fraction of sp³-hybridized carbons (Fsp3) is 0.471. The molecule has 4 aliphatic rings. The molecule has 0 radical (unpaired) electrons. The van der Waals surface area contributed by atoms with Gasteiger partial charge in [0.2, 0.25) is 23.6 Å². The molecule has 2 aromatic carbocycles. The van der Waals surface area contributed by atoms with Crippen molar-refractivity contribution in [2.45, 2.75) is 45.4 Å². The first kappa shape index (κ1) is 30.5. The Labute approximate surface area is 260 Å². The van der Waals surface area contributed by atoms with Gasteiger partial charge in [0, 0.05) is 7.05 Å². The normalized spacial score (nSPS) is 27.7. The molecule has 6 rings (SSSR count). The van der Waals surface area contributed by atoms with Crippen molar-refractivity contribution in [3.8, 4) is 11.5 Å². The van der Waals surface area contributed by atoms with Gasteiger partial charge in [-0.15, -0.1) is 0 Å². The molecule has 4 fully saturated rings. The molecule has 2 saturated carbocycles. The zero-order valence-corrected chi connectivity index (χ0v) is 25.3. The maximum absolute atomic E-state index is 13.4. The number of anilines is 1. The molecule has 236 valence electrons. The van der Waals surface area contributed by atoms with Crippen LogP contribution in [0.5, 0.6) is 11.5 Å². The van der Waals surface area contributed by atoms with Crippen LogP contribution < -0.4 is 9.64 Å². The summed E-state index contributed by atoms with van der Waals surface area (Å²) in [6.07, 6.45) is 2.23. The Balaban J connectivity index is 0.966. The number of benzene rings is 2. The molecule has 2 aliphatic carbocycles. The van der Waals surface area contributed by atoms with E-state index in [0.717, 1.165) is 10.5 Å². The lowest BCUT2D eigenvalue weighted by Gasteiger charge is -2.28. The van der Waals surface area contributed by atoms with Gasteiger partial charge >= 0.3 is 11.9 Å². The lowest BCUT2D eigenvalue weighted by molar-refractivity contribution is -0.160. The molecule has 11 nitrogen and oxygen atoms in total. The first-order chi connectivity index (χ1) is 21.6. The number of amides is 4. The van der Waals surface area contributed by atoms with E-state index in [-0.39, 0.29) is 55.6 Å². The van der Waals surface area contributed by atoms with E-state index in [2.05, 4.69) is 0 Å². The highest BCUT2D eigenvalue weighted by Gasteiger charge is 2.52. The van der Waals surface area contributed by atoms with Crippen LogP contribution in [0.2, 0.25) is 0 Å². The standard InChI is InChI=1S/C34H36N2O9/c1-19-3-9-23(10-4-19)45-24-11-7-22(8-12-24)36-31(39)26-14-6-21(18-28(26)32(36)40)34(42)44-16-15-43-33(41)20-5-13-25-27(17-20)30(38)35(2)29(25)37/h3-4,7-12,20-21,25-28H,5-6,13-18H2,1-2H3. The average molecular weight is 617 g/mol. The maximum Gasteiger partial charge on any atom is 0.309 e. The van der Waals surface area contributed by atoms with Gasteiger partial charge in [0.05, 0.1) is 41.2 Å². The summed E-state index contributed by atoms with van der Waals surface area (Å²) in [5, 5.41) is 0. The van der Waals surface area contributed by atoms with Crippen LogP contribution in [0.1, 0.15) is 44.1 Å². The number of nitrogens with zero attached hydrogens (tertiary/aromatic N) is 2. The van der Waals surface area contributed by atoms with Crippen LogP contribution in [0.25, 0.3) is 0 Å². The molecule has 2 aliphatic heterocycles. The number of aryl methyl sites for hydroxylation is 1. The molecule has 4 amide bonds. The number of carbonyl (C=O) groups is 6. The van der Waals surface area contributed by atoms with Gasteiger partial charge in [0.15, 0.2) is 0 Å². The summed E-state index contributed by atoms with van der Waals surface area (Å²) in [5.41, 5.74) is 1.58. The first-order valence-corrected chi connectivity index (χ1v) is 15.5. The summed E-state index contributed by atoms with van der Waals surface area (Å²) in [6, 6.07) is 14.4. The number of fused-ring (bicyclic) bond motifs is 2. The Kier molecular flexibility index (Phi) is 8.44. The van der Waals surface area contributed by atoms with E-state index in [1.807, 2.05) is 31.2 Å². The lowest BCUT2D eigenvalue weighted by Crippen LogP contribution is -2.33. The van der Waals surface area contributed by atoms with Crippen molar-refractivity contribution in [3.05, 3.63) is 54.1 Å². The van der Waals surface area contributed by atoms with Crippen LogP contribution in [0.4, 0.5) is 5.69 Å². The number of rotatable bonds is 8.